The number of carbonyl (C=O) groups is 1. The van der Waals surface area contributed by atoms with E-state index in [4.69, 9.17) is 24.7 Å². The fourth-order valence-electron chi connectivity index (χ4n) is 2.92. The number of nitrogens with zero attached hydrogens (tertiary/aromatic N) is 3. The Bertz CT molecular complexity index is 801. The van der Waals surface area contributed by atoms with Gasteiger partial charge in [0.15, 0.2) is 0 Å². The van der Waals surface area contributed by atoms with Crippen molar-refractivity contribution in [3.05, 3.63) is 24.3 Å². The lowest BCUT2D eigenvalue weighted by Gasteiger charge is -2.31. The van der Waals surface area contributed by atoms with E-state index < -0.39 is 0 Å². The number of nitrogens with two attached hydrogens (primary N) is 1. The molecule has 0 aliphatic carbocycles. The molecule has 1 aromatic heterocycles. The van der Waals surface area contributed by atoms with E-state index in [-0.39, 0.29) is 23.8 Å². The van der Waals surface area contributed by atoms with Crippen LogP contribution in [0.4, 0.5) is 0 Å². The summed E-state index contributed by atoms with van der Waals surface area (Å²) in [6.45, 7) is 7.88. The van der Waals surface area contributed by atoms with Gasteiger partial charge >= 0.3 is 0 Å². The lowest BCUT2D eigenvalue weighted by Crippen LogP contribution is -2.40. The van der Waals surface area contributed by atoms with Gasteiger partial charge in [0.05, 0.1) is 37.5 Å². The zero-order valence-corrected chi connectivity index (χ0v) is 20.4. The molecule has 180 valence electrons. The number of rotatable bonds is 17. The Labute approximate surface area is 192 Å². The minimum absolute atomic E-state index is 0.0713. The minimum atomic E-state index is -0.260. The van der Waals surface area contributed by atoms with Crippen molar-refractivity contribution in [2.45, 2.75) is 44.4 Å². The van der Waals surface area contributed by atoms with Gasteiger partial charge in [0, 0.05) is 25.4 Å². The van der Waals surface area contributed by atoms with Crippen LogP contribution in [-0.4, -0.2) is 85.0 Å². The summed E-state index contributed by atoms with van der Waals surface area (Å²) >= 11 is 0. The molecule has 1 heterocycles. The van der Waals surface area contributed by atoms with Crippen molar-refractivity contribution in [1.82, 2.24) is 15.0 Å². The SMILES string of the molecule is CC(C)(OCCCCCOCCOCCOCC(=O)n1nnc2ccccc21)C(P)CN. The van der Waals surface area contributed by atoms with Crippen molar-refractivity contribution < 1.29 is 23.7 Å². The van der Waals surface area contributed by atoms with E-state index in [1.807, 2.05) is 18.2 Å². The Kier molecular flexibility index (Phi) is 12.2. The summed E-state index contributed by atoms with van der Waals surface area (Å²) in [6.07, 6.45) is 3.06. The van der Waals surface area contributed by atoms with Crippen molar-refractivity contribution in [3.63, 3.8) is 0 Å². The summed E-state index contributed by atoms with van der Waals surface area (Å²) in [6, 6.07) is 7.30. The molecule has 2 N–H and O–H groups in total. The van der Waals surface area contributed by atoms with Gasteiger partial charge in [-0.3, -0.25) is 4.79 Å². The molecule has 0 spiro atoms. The molecular formula is C22H37N4O5P. The molecule has 2 atom stereocenters. The third-order valence-corrected chi connectivity index (χ3v) is 6.19. The molecule has 9 nitrogen and oxygen atoms in total. The molecule has 0 fully saturated rings. The fraction of sp³-hybridized carbons (Fsp3) is 0.682. The van der Waals surface area contributed by atoms with Crippen LogP contribution in [0.5, 0.6) is 0 Å². The van der Waals surface area contributed by atoms with Crippen molar-refractivity contribution in [2.24, 2.45) is 5.73 Å². The summed E-state index contributed by atoms with van der Waals surface area (Å²) < 4.78 is 23.6. The highest BCUT2D eigenvalue weighted by Gasteiger charge is 2.25. The van der Waals surface area contributed by atoms with E-state index in [9.17, 15) is 4.79 Å². The van der Waals surface area contributed by atoms with Gasteiger partial charge in [-0.2, -0.15) is 4.68 Å². The van der Waals surface area contributed by atoms with Crippen molar-refractivity contribution in [1.29, 1.82) is 0 Å². The second-order valence-electron chi connectivity index (χ2n) is 8.02. The molecule has 0 radical (unpaired) electrons. The quantitative estimate of drug-likeness (QED) is 0.278. The topological polar surface area (TPSA) is 111 Å². The first kappa shape index (κ1) is 26.8. The summed E-state index contributed by atoms with van der Waals surface area (Å²) in [5.41, 5.74) is 7.09. The van der Waals surface area contributed by atoms with Crippen LogP contribution in [0.3, 0.4) is 0 Å². The second-order valence-corrected chi connectivity index (χ2v) is 8.82. The molecule has 0 bridgehead atoms. The molecule has 2 unspecified atom stereocenters. The highest BCUT2D eigenvalue weighted by atomic mass is 31.0. The molecular weight excluding hydrogens is 431 g/mol. The third-order valence-electron chi connectivity index (χ3n) is 5.11. The van der Waals surface area contributed by atoms with Gasteiger partial charge in [-0.15, -0.1) is 14.3 Å². The van der Waals surface area contributed by atoms with E-state index in [0.717, 1.165) is 25.9 Å². The number of fused-ring (bicyclic) bond motifs is 1. The van der Waals surface area contributed by atoms with Crippen molar-refractivity contribution >= 4 is 26.2 Å². The van der Waals surface area contributed by atoms with Gasteiger partial charge in [0.25, 0.3) is 5.91 Å². The van der Waals surface area contributed by atoms with E-state index in [2.05, 4.69) is 33.4 Å². The zero-order chi connectivity index (χ0) is 23.2. The molecule has 0 aliphatic heterocycles. The average Bonchev–Trinajstić information content (AvgIpc) is 3.22. The first-order valence-corrected chi connectivity index (χ1v) is 11.8. The lowest BCUT2D eigenvalue weighted by molar-refractivity contribution is -0.0200. The molecule has 2 aromatic rings. The predicted molar refractivity (Wildman–Crippen MR) is 127 cm³/mol. The van der Waals surface area contributed by atoms with Crippen molar-refractivity contribution in [2.75, 3.05) is 52.8 Å². The molecule has 1 aromatic carbocycles. The average molecular weight is 469 g/mol. The number of hydrogen-bond donors (Lipinski definition) is 1. The smallest absolute Gasteiger partial charge is 0.274 e. The predicted octanol–water partition coefficient (Wildman–Crippen LogP) is 2.29. The van der Waals surface area contributed by atoms with Crippen molar-refractivity contribution in [3.8, 4) is 0 Å². The second kappa shape index (κ2) is 14.6. The Morgan fingerprint density at radius 1 is 1.03 bits per heavy atom. The van der Waals surface area contributed by atoms with Gasteiger partial charge < -0.3 is 24.7 Å². The van der Waals surface area contributed by atoms with Crippen LogP contribution in [0.15, 0.2) is 24.3 Å². The maximum absolute atomic E-state index is 12.2. The molecule has 32 heavy (non-hydrogen) atoms. The van der Waals surface area contributed by atoms with Crippen LogP contribution in [0, 0.1) is 0 Å². The molecule has 0 aliphatic rings. The Hall–Kier alpha value is -1.48. The molecule has 0 amide bonds. The first-order chi connectivity index (χ1) is 15.5. The van der Waals surface area contributed by atoms with Gasteiger partial charge in [0.2, 0.25) is 0 Å². The summed E-state index contributed by atoms with van der Waals surface area (Å²) in [5, 5.41) is 7.83. The molecule has 10 heteroatoms. The summed E-state index contributed by atoms with van der Waals surface area (Å²) in [4.78, 5) is 12.2. The van der Waals surface area contributed by atoms with E-state index in [1.54, 1.807) is 6.07 Å². The highest BCUT2D eigenvalue weighted by molar-refractivity contribution is 7.17. The molecule has 0 saturated heterocycles. The number of aromatic nitrogens is 3. The minimum Gasteiger partial charge on any atom is -0.379 e. The molecule has 2 rings (SSSR count). The zero-order valence-electron chi connectivity index (χ0n) is 19.2. The van der Waals surface area contributed by atoms with Gasteiger partial charge in [0.1, 0.15) is 12.1 Å². The Balaban J connectivity index is 1.39. The fourth-order valence-corrected chi connectivity index (χ4v) is 3.02. The number of carbonyl (C=O) groups excluding carboxylic acids is 1. The summed E-state index contributed by atoms with van der Waals surface area (Å²) in [5.74, 6) is -0.260. The summed E-state index contributed by atoms with van der Waals surface area (Å²) in [7, 11) is 2.75. The van der Waals surface area contributed by atoms with Crippen LogP contribution in [0.25, 0.3) is 11.0 Å². The molecule has 0 saturated carbocycles. The van der Waals surface area contributed by atoms with Gasteiger partial charge in [-0.1, -0.05) is 17.3 Å². The van der Waals surface area contributed by atoms with Crippen LogP contribution in [0.1, 0.15) is 37.9 Å². The monoisotopic (exact) mass is 468 g/mol. The highest BCUT2D eigenvalue weighted by Crippen LogP contribution is 2.21. The van der Waals surface area contributed by atoms with E-state index in [0.29, 0.717) is 50.6 Å². The maximum atomic E-state index is 12.2. The number of ether oxygens (including phenoxy) is 4. The Morgan fingerprint density at radius 3 is 2.44 bits per heavy atom. The standard InChI is InChI=1S/C22H37N4O5P/c1-22(2,20(32)16-23)31-11-7-3-6-10-28-12-13-29-14-15-30-17-21(27)26-19-9-5-4-8-18(19)24-25-26/h4-5,8-9,20H,3,6-7,10-17,23,32H2,1-2H3. The lowest BCUT2D eigenvalue weighted by atomic mass is 10.0. The maximum Gasteiger partial charge on any atom is 0.274 e. The Morgan fingerprint density at radius 2 is 1.69 bits per heavy atom. The largest absolute Gasteiger partial charge is 0.379 e. The number of unbranched alkanes of at least 4 members (excludes halogenated alkanes) is 2. The number of hydrogen-bond acceptors (Lipinski definition) is 8. The van der Waals surface area contributed by atoms with Gasteiger partial charge in [-0.05, 0) is 45.2 Å². The third kappa shape index (κ3) is 9.17. The normalized spacial score (nSPS) is 13.0. The number of benzene rings is 1. The van der Waals surface area contributed by atoms with Crippen LogP contribution >= 0.6 is 9.24 Å². The number of para-hydroxylation sites is 1. The van der Waals surface area contributed by atoms with Crippen LogP contribution < -0.4 is 5.73 Å². The van der Waals surface area contributed by atoms with Crippen LogP contribution in [-0.2, 0) is 18.9 Å². The van der Waals surface area contributed by atoms with Crippen LogP contribution in [0.2, 0.25) is 0 Å². The van der Waals surface area contributed by atoms with Gasteiger partial charge in [-0.25, -0.2) is 0 Å². The first-order valence-electron chi connectivity index (χ1n) is 11.1. The van der Waals surface area contributed by atoms with E-state index in [1.165, 1.54) is 4.68 Å². The van der Waals surface area contributed by atoms with E-state index >= 15 is 0 Å².